The maximum atomic E-state index is 6.03. The molecule has 0 aromatic heterocycles. The Bertz CT molecular complexity index is 620. The third-order valence-corrected chi connectivity index (χ3v) is 6.19. The van der Waals surface area contributed by atoms with E-state index in [4.69, 9.17) is 18.9 Å². The molecule has 1 saturated heterocycles. The second-order valence-corrected chi connectivity index (χ2v) is 7.27. The van der Waals surface area contributed by atoms with Gasteiger partial charge in [0, 0.05) is 33.4 Å². The van der Waals surface area contributed by atoms with Crippen LogP contribution in [0, 0.1) is 6.92 Å². The molecule has 3 atom stereocenters. The van der Waals surface area contributed by atoms with E-state index in [-0.39, 0.29) is 5.60 Å². The molecule has 24 heavy (non-hydrogen) atoms. The fourth-order valence-corrected chi connectivity index (χ4v) is 4.63. The van der Waals surface area contributed by atoms with Crippen molar-refractivity contribution in [2.45, 2.75) is 56.9 Å². The Morgan fingerprint density at radius 2 is 2.00 bits per heavy atom. The van der Waals surface area contributed by atoms with Crippen LogP contribution in [0.4, 0.5) is 0 Å². The van der Waals surface area contributed by atoms with Gasteiger partial charge in [0.2, 0.25) is 6.79 Å². The van der Waals surface area contributed by atoms with Crippen molar-refractivity contribution in [3.63, 3.8) is 0 Å². The summed E-state index contributed by atoms with van der Waals surface area (Å²) in [6.45, 7) is 4.47. The van der Waals surface area contributed by atoms with Crippen LogP contribution in [0.1, 0.15) is 36.8 Å². The van der Waals surface area contributed by atoms with Crippen molar-refractivity contribution in [3.8, 4) is 11.5 Å². The van der Waals surface area contributed by atoms with E-state index in [1.54, 1.807) is 0 Å². The maximum Gasteiger partial charge on any atom is 0.231 e. The number of methoxy groups -OCH3 is 2. The summed E-state index contributed by atoms with van der Waals surface area (Å²) in [5.41, 5.74) is 2.57. The lowest BCUT2D eigenvalue weighted by Crippen LogP contribution is -2.51. The first-order valence-corrected chi connectivity index (χ1v) is 8.86. The van der Waals surface area contributed by atoms with Gasteiger partial charge in [-0.15, -0.1) is 0 Å². The third-order valence-electron chi connectivity index (χ3n) is 6.19. The standard InChI is InChI=1S/C19H27NO4/c1-13-8-16-17(24-12-23-16)9-14(13)11-20-7-6-19(22-3)5-4-15(21-2)10-18(19)20/h8-9,15,18H,4-7,10-12H2,1-3H3/t15-,18-,19+/m0/s1. The zero-order chi connectivity index (χ0) is 16.7. The quantitative estimate of drug-likeness (QED) is 0.847. The number of hydrogen-bond donors (Lipinski definition) is 0. The Morgan fingerprint density at radius 1 is 1.21 bits per heavy atom. The van der Waals surface area contributed by atoms with Crippen LogP contribution in [0.2, 0.25) is 0 Å². The molecule has 2 aliphatic heterocycles. The summed E-state index contributed by atoms with van der Waals surface area (Å²) in [5, 5.41) is 0. The van der Waals surface area contributed by atoms with E-state index < -0.39 is 0 Å². The normalized spacial score (nSPS) is 32.1. The summed E-state index contributed by atoms with van der Waals surface area (Å²) < 4.78 is 22.7. The minimum atomic E-state index is -0.000721. The van der Waals surface area contributed by atoms with Crippen LogP contribution >= 0.6 is 0 Å². The van der Waals surface area contributed by atoms with Gasteiger partial charge in [0.15, 0.2) is 11.5 Å². The molecule has 0 amide bonds. The number of likely N-dealkylation sites (tertiary alicyclic amines) is 1. The molecular formula is C19H27NO4. The van der Waals surface area contributed by atoms with Crippen LogP contribution in [0.5, 0.6) is 11.5 Å². The maximum absolute atomic E-state index is 6.03. The van der Waals surface area contributed by atoms with Crippen molar-refractivity contribution < 1.29 is 18.9 Å². The Labute approximate surface area is 143 Å². The van der Waals surface area contributed by atoms with Crippen LogP contribution in [0.3, 0.4) is 0 Å². The van der Waals surface area contributed by atoms with Crippen molar-refractivity contribution >= 4 is 0 Å². The Kier molecular flexibility index (Phi) is 4.19. The molecule has 1 saturated carbocycles. The van der Waals surface area contributed by atoms with E-state index in [1.807, 2.05) is 14.2 Å². The first-order valence-electron chi connectivity index (χ1n) is 8.86. The average molecular weight is 333 g/mol. The molecule has 0 radical (unpaired) electrons. The lowest BCUT2D eigenvalue weighted by molar-refractivity contribution is -0.0947. The molecule has 2 fully saturated rings. The van der Waals surface area contributed by atoms with Crippen molar-refractivity contribution in [1.82, 2.24) is 4.90 Å². The summed E-state index contributed by atoms with van der Waals surface area (Å²) in [7, 11) is 3.70. The van der Waals surface area contributed by atoms with Crippen molar-refractivity contribution in [2.75, 3.05) is 27.6 Å². The molecule has 1 aromatic carbocycles. The molecule has 5 nitrogen and oxygen atoms in total. The second-order valence-electron chi connectivity index (χ2n) is 7.27. The van der Waals surface area contributed by atoms with Gasteiger partial charge in [-0.1, -0.05) is 0 Å². The number of hydrogen-bond acceptors (Lipinski definition) is 5. The highest BCUT2D eigenvalue weighted by Gasteiger charge is 2.51. The first-order chi connectivity index (χ1) is 11.6. The molecule has 0 N–H and O–H groups in total. The molecule has 132 valence electrons. The molecule has 0 spiro atoms. The van der Waals surface area contributed by atoms with Crippen LogP contribution in [0.15, 0.2) is 12.1 Å². The minimum absolute atomic E-state index is 0.000721. The van der Waals surface area contributed by atoms with Gasteiger partial charge in [-0.05, 0) is 55.9 Å². The van der Waals surface area contributed by atoms with Gasteiger partial charge in [0.25, 0.3) is 0 Å². The fourth-order valence-electron chi connectivity index (χ4n) is 4.63. The van der Waals surface area contributed by atoms with E-state index in [0.29, 0.717) is 18.9 Å². The topological polar surface area (TPSA) is 40.2 Å². The van der Waals surface area contributed by atoms with Crippen molar-refractivity contribution in [3.05, 3.63) is 23.3 Å². The van der Waals surface area contributed by atoms with Gasteiger partial charge in [-0.2, -0.15) is 0 Å². The number of nitrogens with zero attached hydrogens (tertiary/aromatic N) is 1. The molecule has 0 bridgehead atoms. The predicted molar refractivity (Wildman–Crippen MR) is 90.5 cm³/mol. The van der Waals surface area contributed by atoms with Gasteiger partial charge in [0.05, 0.1) is 11.7 Å². The molecule has 5 heteroatoms. The summed E-state index contributed by atoms with van der Waals surface area (Å²) in [4.78, 5) is 2.57. The van der Waals surface area contributed by atoms with E-state index >= 15 is 0 Å². The van der Waals surface area contributed by atoms with Gasteiger partial charge in [0.1, 0.15) is 0 Å². The van der Waals surface area contributed by atoms with Gasteiger partial charge in [-0.3, -0.25) is 4.90 Å². The number of fused-ring (bicyclic) bond motifs is 2. The number of ether oxygens (including phenoxy) is 4. The zero-order valence-electron chi connectivity index (χ0n) is 14.8. The Morgan fingerprint density at radius 3 is 2.75 bits per heavy atom. The lowest BCUT2D eigenvalue weighted by Gasteiger charge is -2.43. The van der Waals surface area contributed by atoms with Crippen LogP contribution in [-0.4, -0.2) is 50.2 Å². The molecule has 4 rings (SSSR count). The molecule has 3 aliphatic rings. The van der Waals surface area contributed by atoms with E-state index in [0.717, 1.165) is 50.3 Å². The highest BCUT2D eigenvalue weighted by molar-refractivity contribution is 5.48. The monoisotopic (exact) mass is 333 g/mol. The minimum Gasteiger partial charge on any atom is -0.454 e. The highest BCUT2D eigenvalue weighted by atomic mass is 16.7. The highest BCUT2D eigenvalue weighted by Crippen LogP contribution is 2.44. The Hall–Kier alpha value is -1.30. The Balaban J connectivity index is 1.56. The number of rotatable bonds is 4. The van der Waals surface area contributed by atoms with Gasteiger partial charge >= 0.3 is 0 Å². The zero-order valence-corrected chi connectivity index (χ0v) is 14.8. The molecule has 1 aliphatic carbocycles. The van der Waals surface area contributed by atoms with E-state index in [2.05, 4.69) is 24.0 Å². The van der Waals surface area contributed by atoms with Crippen molar-refractivity contribution in [1.29, 1.82) is 0 Å². The van der Waals surface area contributed by atoms with Gasteiger partial charge < -0.3 is 18.9 Å². The third kappa shape index (κ3) is 2.59. The smallest absolute Gasteiger partial charge is 0.231 e. The summed E-state index contributed by atoms with van der Waals surface area (Å²) in [6.07, 6.45) is 4.68. The van der Waals surface area contributed by atoms with E-state index in [1.165, 1.54) is 11.1 Å². The predicted octanol–water partition coefficient (Wildman–Crippen LogP) is 2.88. The summed E-state index contributed by atoms with van der Waals surface area (Å²) >= 11 is 0. The SMILES string of the molecule is CO[C@H]1CC[C@@]2(OC)CCN(Cc3cc4c(cc3C)OCO4)[C@H]2C1. The van der Waals surface area contributed by atoms with E-state index in [9.17, 15) is 0 Å². The van der Waals surface area contributed by atoms with Crippen molar-refractivity contribution in [2.24, 2.45) is 0 Å². The second kappa shape index (κ2) is 6.21. The van der Waals surface area contributed by atoms with Crippen LogP contribution in [0.25, 0.3) is 0 Å². The van der Waals surface area contributed by atoms with Crippen LogP contribution in [-0.2, 0) is 16.0 Å². The van der Waals surface area contributed by atoms with Gasteiger partial charge in [-0.25, -0.2) is 0 Å². The lowest BCUT2D eigenvalue weighted by atomic mass is 9.79. The summed E-state index contributed by atoms with van der Waals surface area (Å²) in [6, 6.07) is 4.66. The molecule has 0 unspecified atom stereocenters. The number of aryl methyl sites for hydroxylation is 1. The largest absolute Gasteiger partial charge is 0.454 e. The average Bonchev–Trinajstić information content (AvgIpc) is 3.19. The first kappa shape index (κ1) is 16.2. The molecular weight excluding hydrogens is 306 g/mol. The molecule has 2 heterocycles. The molecule has 1 aromatic rings. The number of benzene rings is 1. The van der Waals surface area contributed by atoms with Crippen LogP contribution < -0.4 is 9.47 Å². The fraction of sp³-hybridized carbons (Fsp3) is 0.684. The summed E-state index contributed by atoms with van der Waals surface area (Å²) in [5.74, 6) is 1.73.